The first-order chi connectivity index (χ1) is 6.18. The predicted molar refractivity (Wildman–Crippen MR) is 64.5 cm³/mol. The Balaban J connectivity index is 2.89. The highest BCUT2D eigenvalue weighted by Gasteiger charge is 2.04. The van der Waals surface area contributed by atoms with Crippen LogP contribution in [0.5, 0.6) is 0 Å². The zero-order valence-electron chi connectivity index (χ0n) is 6.39. The second kappa shape index (κ2) is 3.59. The molecule has 13 heavy (non-hydrogen) atoms. The van der Waals surface area contributed by atoms with Crippen molar-refractivity contribution in [3.63, 3.8) is 0 Å². The minimum atomic E-state index is 0.496. The van der Waals surface area contributed by atoms with Gasteiger partial charge in [0.2, 0.25) is 0 Å². The first-order valence-electron chi connectivity index (χ1n) is 3.58. The van der Waals surface area contributed by atoms with E-state index in [0.717, 1.165) is 14.5 Å². The first kappa shape index (κ1) is 9.49. The van der Waals surface area contributed by atoms with Crippen LogP contribution in [0.4, 0.5) is 0 Å². The number of nitrogens with zero attached hydrogens (tertiary/aromatic N) is 1. The summed E-state index contributed by atoms with van der Waals surface area (Å²) in [5.41, 5.74) is 0.870. The van der Waals surface area contributed by atoms with Crippen LogP contribution >= 0.6 is 45.8 Å². The Labute approximate surface area is 99.2 Å². The van der Waals surface area contributed by atoms with Crippen molar-refractivity contribution >= 4 is 56.7 Å². The molecule has 0 bridgehead atoms. The van der Waals surface area contributed by atoms with Crippen LogP contribution in [0.2, 0.25) is 10.0 Å². The number of hydrogen-bond donors (Lipinski definition) is 0. The van der Waals surface area contributed by atoms with E-state index in [4.69, 9.17) is 23.2 Å². The topological polar surface area (TPSA) is 12.9 Å². The summed E-state index contributed by atoms with van der Waals surface area (Å²) in [5.74, 6) is 0. The maximum atomic E-state index is 6.02. The zero-order valence-corrected chi connectivity index (χ0v) is 10.1. The molecule has 0 saturated heterocycles. The summed E-state index contributed by atoms with van der Waals surface area (Å²) >= 11 is 14.1. The van der Waals surface area contributed by atoms with Crippen molar-refractivity contribution in [1.82, 2.24) is 4.98 Å². The summed E-state index contributed by atoms with van der Waals surface area (Å²) < 4.78 is 1.12. The van der Waals surface area contributed by atoms with Gasteiger partial charge in [-0.25, -0.2) is 0 Å². The van der Waals surface area contributed by atoms with E-state index in [0.29, 0.717) is 10.0 Å². The third-order valence-corrected chi connectivity index (χ3v) is 3.18. The van der Waals surface area contributed by atoms with E-state index in [-0.39, 0.29) is 0 Å². The minimum Gasteiger partial charge on any atom is -0.255 e. The van der Waals surface area contributed by atoms with Crippen LogP contribution in [0.15, 0.2) is 24.4 Å². The fourth-order valence-corrected chi connectivity index (χ4v) is 1.95. The molecule has 66 valence electrons. The summed E-state index contributed by atoms with van der Waals surface area (Å²) in [7, 11) is 0. The molecule has 0 N–H and O–H groups in total. The molecule has 0 aliphatic heterocycles. The van der Waals surface area contributed by atoms with E-state index in [1.54, 1.807) is 6.20 Å². The Morgan fingerprint density at radius 1 is 1.23 bits per heavy atom. The van der Waals surface area contributed by atoms with Gasteiger partial charge in [0.1, 0.15) is 0 Å². The first-order valence-corrected chi connectivity index (χ1v) is 5.41. The molecule has 2 rings (SSSR count). The van der Waals surface area contributed by atoms with Gasteiger partial charge in [-0.05, 0) is 40.8 Å². The molecule has 1 nitrogen and oxygen atoms in total. The monoisotopic (exact) mass is 323 g/mol. The van der Waals surface area contributed by atoms with Crippen LogP contribution in [0.1, 0.15) is 0 Å². The van der Waals surface area contributed by atoms with E-state index in [1.165, 1.54) is 0 Å². The fraction of sp³-hybridized carbons (Fsp3) is 0. The molecular formula is C9H4Cl2IN. The van der Waals surface area contributed by atoms with Crippen molar-refractivity contribution in [3.8, 4) is 0 Å². The summed E-state index contributed by atoms with van der Waals surface area (Å²) in [6.45, 7) is 0. The van der Waals surface area contributed by atoms with Crippen LogP contribution in [-0.4, -0.2) is 4.98 Å². The smallest absolute Gasteiger partial charge is 0.0782 e. The Hall–Kier alpha value is -0.0600. The largest absolute Gasteiger partial charge is 0.255 e. The molecular weight excluding hydrogens is 320 g/mol. The SMILES string of the molecule is Clc1cnc2ccc(I)cc2c1Cl. The molecule has 1 heterocycles. The third kappa shape index (κ3) is 1.75. The highest BCUT2D eigenvalue weighted by atomic mass is 127. The molecule has 0 fully saturated rings. The van der Waals surface area contributed by atoms with Gasteiger partial charge in [0.05, 0.1) is 15.6 Å². The quantitative estimate of drug-likeness (QED) is 0.664. The molecule has 0 atom stereocenters. The van der Waals surface area contributed by atoms with Crippen molar-refractivity contribution in [3.05, 3.63) is 38.0 Å². The number of aromatic nitrogens is 1. The van der Waals surface area contributed by atoms with E-state index in [1.807, 2.05) is 18.2 Å². The predicted octanol–water partition coefficient (Wildman–Crippen LogP) is 4.15. The maximum absolute atomic E-state index is 6.02. The normalized spacial score (nSPS) is 10.7. The van der Waals surface area contributed by atoms with E-state index < -0.39 is 0 Å². The summed E-state index contributed by atoms with van der Waals surface area (Å²) in [6.07, 6.45) is 1.57. The lowest BCUT2D eigenvalue weighted by Crippen LogP contribution is -1.81. The van der Waals surface area contributed by atoms with Gasteiger partial charge in [0.15, 0.2) is 0 Å². The molecule has 2 aromatic rings. The number of hydrogen-bond acceptors (Lipinski definition) is 1. The van der Waals surface area contributed by atoms with Crippen molar-refractivity contribution in [1.29, 1.82) is 0 Å². The number of benzene rings is 1. The Morgan fingerprint density at radius 2 is 2.00 bits per heavy atom. The van der Waals surface area contributed by atoms with Crippen molar-refractivity contribution < 1.29 is 0 Å². The molecule has 1 aromatic heterocycles. The molecule has 1 aromatic carbocycles. The van der Waals surface area contributed by atoms with Gasteiger partial charge in [-0.2, -0.15) is 0 Å². The molecule has 0 amide bonds. The van der Waals surface area contributed by atoms with Crippen molar-refractivity contribution in [2.24, 2.45) is 0 Å². The highest BCUT2D eigenvalue weighted by molar-refractivity contribution is 14.1. The summed E-state index contributed by atoms with van der Waals surface area (Å²) in [6, 6.07) is 5.89. The molecule has 0 unspecified atom stereocenters. The van der Waals surface area contributed by atoms with Crippen molar-refractivity contribution in [2.45, 2.75) is 0 Å². The highest BCUT2D eigenvalue weighted by Crippen LogP contribution is 2.29. The minimum absolute atomic E-state index is 0.496. The second-order valence-electron chi connectivity index (χ2n) is 2.58. The van der Waals surface area contributed by atoms with Crippen LogP contribution in [0.3, 0.4) is 0 Å². The molecule has 0 aliphatic carbocycles. The molecule has 0 radical (unpaired) electrons. The lowest BCUT2D eigenvalue weighted by molar-refractivity contribution is 1.41. The fourth-order valence-electron chi connectivity index (χ4n) is 1.11. The maximum Gasteiger partial charge on any atom is 0.0782 e. The van der Waals surface area contributed by atoms with Crippen molar-refractivity contribution in [2.75, 3.05) is 0 Å². The van der Waals surface area contributed by atoms with Gasteiger partial charge in [-0.1, -0.05) is 23.2 Å². The van der Waals surface area contributed by atoms with Gasteiger partial charge in [0.25, 0.3) is 0 Å². The zero-order chi connectivity index (χ0) is 9.42. The molecule has 0 saturated carbocycles. The average molecular weight is 324 g/mol. The van der Waals surface area contributed by atoms with E-state index >= 15 is 0 Å². The van der Waals surface area contributed by atoms with Crippen LogP contribution in [0, 0.1) is 3.57 Å². The van der Waals surface area contributed by atoms with Gasteiger partial charge in [-0.15, -0.1) is 0 Å². The van der Waals surface area contributed by atoms with E-state index in [2.05, 4.69) is 27.6 Å². The summed E-state index contributed by atoms with van der Waals surface area (Å²) in [5, 5.41) is 1.97. The standard InChI is InChI=1S/C9H4Cl2IN/c10-7-4-13-8-2-1-5(12)3-6(8)9(7)11/h1-4H. The molecule has 0 aliphatic rings. The number of pyridine rings is 1. The summed E-state index contributed by atoms with van der Waals surface area (Å²) in [4.78, 5) is 4.16. The number of rotatable bonds is 0. The average Bonchev–Trinajstić information content (AvgIpc) is 2.12. The van der Waals surface area contributed by atoms with Gasteiger partial charge in [0, 0.05) is 15.2 Å². The second-order valence-corrected chi connectivity index (χ2v) is 4.61. The van der Waals surface area contributed by atoms with Gasteiger partial charge < -0.3 is 0 Å². The molecule has 4 heteroatoms. The number of halogens is 3. The van der Waals surface area contributed by atoms with Crippen LogP contribution in [0.25, 0.3) is 10.9 Å². The lowest BCUT2D eigenvalue weighted by atomic mass is 10.2. The van der Waals surface area contributed by atoms with E-state index in [9.17, 15) is 0 Å². The Kier molecular flexibility index (Phi) is 2.62. The molecule has 0 spiro atoms. The Bertz CT molecular complexity index is 465. The third-order valence-electron chi connectivity index (χ3n) is 1.72. The number of fused-ring (bicyclic) bond motifs is 1. The Morgan fingerprint density at radius 3 is 2.77 bits per heavy atom. The lowest BCUT2D eigenvalue weighted by Gasteiger charge is -2.01. The van der Waals surface area contributed by atoms with Crippen LogP contribution in [-0.2, 0) is 0 Å². The van der Waals surface area contributed by atoms with Gasteiger partial charge >= 0.3 is 0 Å². The van der Waals surface area contributed by atoms with Crippen LogP contribution < -0.4 is 0 Å². The van der Waals surface area contributed by atoms with Gasteiger partial charge in [-0.3, -0.25) is 4.98 Å².